The Hall–Kier alpha value is -1.69. The number of esters is 1. The summed E-state index contributed by atoms with van der Waals surface area (Å²) in [6, 6.07) is 3.52. The van der Waals surface area contributed by atoms with Crippen LogP contribution in [0.4, 0.5) is 0 Å². The number of carbonyl (C=O) groups is 2. The van der Waals surface area contributed by atoms with Crippen LogP contribution in [0.5, 0.6) is 0 Å². The average Bonchev–Trinajstić information content (AvgIpc) is 2.89. The second kappa shape index (κ2) is 7.79. The smallest absolute Gasteiger partial charge is 0.314 e. The lowest BCUT2D eigenvalue weighted by molar-refractivity contribution is -0.146. The number of hydrazone groups is 1. The van der Waals surface area contributed by atoms with Crippen LogP contribution < -0.4 is 5.43 Å². The molecular weight excluding hydrogens is 276 g/mol. The summed E-state index contributed by atoms with van der Waals surface area (Å²) in [5, 5.41) is 5.85. The molecule has 0 saturated carbocycles. The zero-order chi connectivity index (χ0) is 15.1. The van der Waals surface area contributed by atoms with Crippen LogP contribution in [0.1, 0.15) is 37.4 Å². The molecule has 1 rings (SSSR count). The Morgan fingerprint density at radius 2 is 2.15 bits per heavy atom. The molecule has 0 fully saturated rings. The number of thiophene rings is 1. The topological polar surface area (TPSA) is 67.8 Å². The first-order chi connectivity index (χ1) is 9.47. The van der Waals surface area contributed by atoms with E-state index in [9.17, 15) is 9.59 Å². The number of carbonyl (C=O) groups excluding carboxylic acids is 2. The van der Waals surface area contributed by atoms with Gasteiger partial charge in [0.2, 0.25) is 0 Å². The van der Waals surface area contributed by atoms with E-state index in [1.165, 1.54) is 11.3 Å². The van der Waals surface area contributed by atoms with E-state index in [0.29, 0.717) is 17.2 Å². The minimum absolute atomic E-state index is 0.0523. The van der Waals surface area contributed by atoms with E-state index < -0.39 is 5.92 Å². The second-order valence-corrected chi connectivity index (χ2v) is 5.59. The third-order valence-corrected chi connectivity index (χ3v) is 3.60. The quantitative estimate of drug-likeness (QED) is 0.498. The monoisotopic (exact) mass is 296 g/mol. The van der Waals surface area contributed by atoms with Gasteiger partial charge in [-0.2, -0.15) is 5.10 Å². The molecule has 0 spiro atoms. The van der Waals surface area contributed by atoms with Gasteiger partial charge in [-0.25, -0.2) is 5.43 Å². The summed E-state index contributed by atoms with van der Waals surface area (Å²) in [4.78, 5) is 24.2. The summed E-state index contributed by atoms with van der Waals surface area (Å²) in [6.45, 7) is 7.65. The van der Waals surface area contributed by atoms with Crippen LogP contribution in [0.2, 0.25) is 0 Å². The fourth-order valence-electron chi connectivity index (χ4n) is 1.83. The molecule has 0 aliphatic rings. The van der Waals surface area contributed by atoms with E-state index in [2.05, 4.69) is 10.5 Å². The molecule has 20 heavy (non-hydrogen) atoms. The highest BCUT2D eigenvalue weighted by Gasteiger charge is 2.26. The molecule has 0 aliphatic heterocycles. The molecule has 0 unspecified atom stereocenters. The number of ether oxygens (including phenoxy) is 1. The molecule has 6 heteroatoms. The van der Waals surface area contributed by atoms with Crippen molar-refractivity contribution in [2.75, 3.05) is 6.61 Å². The first-order valence-corrected chi connectivity index (χ1v) is 7.40. The van der Waals surface area contributed by atoms with E-state index in [-0.39, 0.29) is 17.8 Å². The first kappa shape index (κ1) is 16.4. The Labute approximate surface area is 123 Å². The van der Waals surface area contributed by atoms with Crippen molar-refractivity contribution < 1.29 is 14.3 Å². The molecule has 1 aromatic rings. The fraction of sp³-hybridized carbons (Fsp3) is 0.500. The Kier molecular flexibility index (Phi) is 6.38. The summed E-state index contributed by atoms with van der Waals surface area (Å²) in [7, 11) is 0. The molecule has 0 aromatic carbocycles. The van der Waals surface area contributed by atoms with Crippen molar-refractivity contribution in [2.24, 2.45) is 16.9 Å². The molecule has 110 valence electrons. The Morgan fingerprint density at radius 3 is 2.65 bits per heavy atom. The van der Waals surface area contributed by atoms with Crippen LogP contribution in [0.25, 0.3) is 0 Å². The van der Waals surface area contributed by atoms with Gasteiger partial charge in [-0.15, -0.1) is 11.3 Å². The van der Waals surface area contributed by atoms with E-state index in [0.717, 1.165) is 0 Å². The highest BCUT2D eigenvalue weighted by Crippen LogP contribution is 2.15. The van der Waals surface area contributed by atoms with E-state index in [4.69, 9.17) is 4.74 Å². The summed E-state index contributed by atoms with van der Waals surface area (Å²) >= 11 is 1.34. The third-order valence-electron chi connectivity index (χ3n) is 2.74. The number of nitrogens with zero attached hydrogens (tertiary/aromatic N) is 1. The molecular formula is C14H20N2O3S. The fourth-order valence-corrected chi connectivity index (χ4v) is 2.44. The van der Waals surface area contributed by atoms with E-state index in [1.807, 2.05) is 19.2 Å². The Bertz CT molecular complexity index is 481. The van der Waals surface area contributed by atoms with Crippen molar-refractivity contribution in [1.82, 2.24) is 5.43 Å². The van der Waals surface area contributed by atoms with Gasteiger partial charge in [0.1, 0.15) is 0 Å². The van der Waals surface area contributed by atoms with Crippen molar-refractivity contribution in [1.29, 1.82) is 0 Å². The largest absolute Gasteiger partial charge is 0.465 e. The van der Waals surface area contributed by atoms with Gasteiger partial charge in [-0.3, -0.25) is 9.59 Å². The van der Waals surface area contributed by atoms with Gasteiger partial charge < -0.3 is 4.74 Å². The highest BCUT2D eigenvalue weighted by molar-refractivity contribution is 7.12. The van der Waals surface area contributed by atoms with Crippen LogP contribution in [-0.2, 0) is 9.53 Å². The minimum Gasteiger partial charge on any atom is -0.465 e. The number of hydrogen-bond donors (Lipinski definition) is 1. The lowest BCUT2D eigenvalue weighted by Crippen LogP contribution is -2.31. The maximum atomic E-state index is 11.9. The predicted molar refractivity (Wildman–Crippen MR) is 79.9 cm³/mol. The molecule has 0 aliphatic carbocycles. The number of rotatable bonds is 6. The first-order valence-electron chi connectivity index (χ1n) is 6.52. The molecule has 1 N–H and O–H groups in total. The van der Waals surface area contributed by atoms with Gasteiger partial charge >= 0.3 is 5.97 Å². The van der Waals surface area contributed by atoms with Gasteiger partial charge in [0.25, 0.3) is 5.91 Å². The second-order valence-electron chi connectivity index (χ2n) is 4.65. The van der Waals surface area contributed by atoms with Crippen LogP contribution in [0.3, 0.4) is 0 Å². The normalized spacial score (nSPS) is 13.2. The Balaban J connectivity index is 2.74. The van der Waals surface area contributed by atoms with Gasteiger partial charge in [-0.05, 0) is 31.2 Å². The molecule has 5 nitrogen and oxygen atoms in total. The number of hydrogen-bond acceptors (Lipinski definition) is 5. The van der Waals surface area contributed by atoms with Crippen LogP contribution in [0.15, 0.2) is 22.6 Å². The van der Waals surface area contributed by atoms with Crippen LogP contribution in [-0.4, -0.2) is 24.2 Å². The lowest BCUT2D eigenvalue weighted by atomic mass is 9.92. The molecule has 1 aromatic heterocycles. The van der Waals surface area contributed by atoms with Gasteiger partial charge in [0, 0.05) is 5.71 Å². The SMILES string of the molecule is CCOC(=O)[C@H](/C(C)=N\NC(=O)c1cccs1)C(C)C. The van der Waals surface area contributed by atoms with E-state index >= 15 is 0 Å². The van der Waals surface area contributed by atoms with Crippen molar-refractivity contribution in [3.63, 3.8) is 0 Å². The predicted octanol–water partition coefficient (Wildman–Crippen LogP) is 2.69. The van der Waals surface area contributed by atoms with Gasteiger partial charge in [-0.1, -0.05) is 19.9 Å². The van der Waals surface area contributed by atoms with Crippen molar-refractivity contribution >= 4 is 28.9 Å². The maximum absolute atomic E-state index is 11.9. The molecule has 1 amide bonds. The molecule has 0 saturated heterocycles. The number of amides is 1. The zero-order valence-corrected chi connectivity index (χ0v) is 13.0. The zero-order valence-electron chi connectivity index (χ0n) is 12.2. The van der Waals surface area contributed by atoms with Crippen LogP contribution >= 0.6 is 11.3 Å². The molecule has 1 atom stereocenters. The van der Waals surface area contributed by atoms with E-state index in [1.54, 1.807) is 26.0 Å². The Morgan fingerprint density at radius 1 is 1.45 bits per heavy atom. The van der Waals surface area contributed by atoms with Crippen molar-refractivity contribution in [2.45, 2.75) is 27.7 Å². The van der Waals surface area contributed by atoms with Crippen LogP contribution in [0, 0.1) is 11.8 Å². The van der Waals surface area contributed by atoms with Gasteiger partial charge in [0.05, 0.1) is 17.4 Å². The average molecular weight is 296 g/mol. The molecule has 0 radical (unpaired) electrons. The van der Waals surface area contributed by atoms with Crippen molar-refractivity contribution in [3.8, 4) is 0 Å². The summed E-state index contributed by atoms with van der Waals surface area (Å²) < 4.78 is 5.04. The molecule has 1 heterocycles. The highest BCUT2D eigenvalue weighted by atomic mass is 32.1. The standard InChI is InChI=1S/C14H20N2O3S/c1-5-19-14(18)12(9(2)3)10(4)15-16-13(17)11-7-6-8-20-11/h6-9,12H,5H2,1-4H3,(H,16,17)/b15-10-/t12-/m0/s1. The maximum Gasteiger partial charge on any atom is 0.314 e. The molecule has 0 bridgehead atoms. The lowest BCUT2D eigenvalue weighted by Gasteiger charge is -2.18. The number of nitrogens with one attached hydrogen (secondary N) is 1. The third kappa shape index (κ3) is 4.45. The summed E-state index contributed by atoms with van der Waals surface area (Å²) in [6.07, 6.45) is 0. The van der Waals surface area contributed by atoms with Gasteiger partial charge in [0.15, 0.2) is 0 Å². The minimum atomic E-state index is -0.446. The van der Waals surface area contributed by atoms with Crippen molar-refractivity contribution in [3.05, 3.63) is 22.4 Å². The summed E-state index contributed by atoms with van der Waals surface area (Å²) in [5.74, 6) is -0.977. The summed E-state index contributed by atoms with van der Waals surface area (Å²) in [5.41, 5.74) is 3.01.